The third-order valence-electron chi connectivity index (χ3n) is 3.76. The summed E-state index contributed by atoms with van der Waals surface area (Å²) in [5.74, 6) is 0.316. The molecule has 0 aromatic rings. The number of nitrogens with zero attached hydrogens (tertiary/aromatic N) is 2. The Balaban J connectivity index is 1.76. The Morgan fingerprint density at radius 1 is 1.31 bits per heavy atom. The fraction of sp³-hybridized carbons (Fsp3) is 0.917. The van der Waals surface area contributed by atoms with Crippen molar-refractivity contribution >= 4 is 5.91 Å². The van der Waals surface area contributed by atoms with Gasteiger partial charge in [-0.25, -0.2) is 0 Å². The second kappa shape index (κ2) is 5.64. The summed E-state index contributed by atoms with van der Waals surface area (Å²) < 4.78 is 0. The molecule has 2 fully saturated rings. The van der Waals surface area contributed by atoms with Crippen LogP contribution in [0.4, 0.5) is 0 Å². The molecular formula is C12H23N3O. The maximum Gasteiger partial charge on any atom is 0.223 e. The molecule has 2 aliphatic heterocycles. The van der Waals surface area contributed by atoms with Gasteiger partial charge in [-0.05, 0) is 39.4 Å². The van der Waals surface area contributed by atoms with Crippen LogP contribution in [0.2, 0.25) is 0 Å². The Morgan fingerprint density at radius 2 is 2.06 bits per heavy atom. The van der Waals surface area contributed by atoms with Crippen molar-refractivity contribution < 1.29 is 4.79 Å². The highest BCUT2D eigenvalue weighted by Crippen LogP contribution is 2.20. The second-order valence-corrected chi connectivity index (χ2v) is 4.88. The standard InChI is InChI=1S/C12H23N3O/c1-13-6-4-12(16)15-9-5-11(10-15)14-7-2-3-8-14/h11,13H,2-10H2,1H3. The van der Waals surface area contributed by atoms with Crippen LogP contribution < -0.4 is 5.32 Å². The van der Waals surface area contributed by atoms with Gasteiger partial charge in [0.1, 0.15) is 0 Å². The lowest BCUT2D eigenvalue weighted by Crippen LogP contribution is -2.37. The van der Waals surface area contributed by atoms with E-state index in [1.54, 1.807) is 0 Å². The van der Waals surface area contributed by atoms with Crippen molar-refractivity contribution in [2.75, 3.05) is 39.8 Å². The first-order chi connectivity index (χ1) is 7.81. The molecule has 2 rings (SSSR count). The summed E-state index contributed by atoms with van der Waals surface area (Å²) in [4.78, 5) is 16.4. The molecule has 1 atom stereocenters. The average molecular weight is 225 g/mol. The number of likely N-dealkylation sites (tertiary alicyclic amines) is 2. The predicted octanol–water partition coefficient (Wildman–Crippen LogP) is 0.293. The van der Waals surface area contributed by atoms with Crippen LogP contribution in [0.25, 0.3) is 0 Å². The van der Waals surface area contributed by atoms with E-state index in [-0.39, 0.29) is 0 Å². The monoisotopic (exact) mass is 225 g/mol. The predicted molar refractivity (Wildman–Crippen MR) is 64.3 cm³/mol. The van der Waals surface area contributed by atoms with Gasteiger partial charge in [0.15, 0.2) is 0 Å². The zero-order valence-corrected chi connectivity index (χ0v) is 10.2. The SMILES string of the molecule is CNCCC(=O)N1CCC(N2CCCC2)C1. The molecule has 0 saturated carbocycles. The van der Waals surface area contributed by atoms with Crippen molar-refractivity contribution in [3.8, 4) is 0 Å². The maximum absolute atomic E-state index is 11.8. The van der Waals surface area contributed by atoms with E-state index in [0.717, 1.165) is 19.6 Å². The summed E-state index contributed by atoms with van der Waals surface area (Å²) in [6.45, 7) is 5.20. The Hall–Kier alpha value is -0.610. The van der Waals surface area contributed by atoms with Crippen LogP contribution in [0.15, 0.2) is 0 Å². The molecule has 92 valence electrons. The molecule has 2 heterocycles. The van der Waals surface area contributed by atoms with Crippen molar-refractivity contribution in [2.24, 2.45) is 0 Å². The molecule has 4 nitrogen and oxygen atoms in total. The van der Waals surface area contributed by atoms with Gasteiger partial charge >= 0.3 is 0 Å². The van der Waals surface area contributed by atoms with E-state index >= 15 is 0 Å². The minimum atomic E-state index is 0.316. The molecule has 0 spiro atoms. The van der Waals surface area contributed by atoms with Gasteiger partial charge in [-0.15, -0.1) is 0 Å². The lowest BCUT2D eigenvalue weighted by molar-refractivity contribution is -0.130. The first-order valence-corrected chi connectivity index (χ1v) is 6.47. The van der Waals surface area contributed by atoms with Gasteiger partial charge in [-0.1, -0.05) is 0 Å². The largest absolute Gasteiger partial charge is 0.341 e. The fourth-order valence-electron chi connectivity index (χ4n) is 2.76. The number of amides is 1. The Kier molecular flexibility index (Phi) is 4.18. The van der Waals surface area contributed by atoms with Crippen molar-refractivity contribution in [3.63, 3.8) is 0 Å². The van der Waals surface area contributed by atoms with Gasteiger partial charge in [0.2, 0.25) is 5.91 Å². The van der Waals surface area contributed by atoms with Crippen LogP contribution in [0.5, 0.6) is 0 Å². The van der Waals surface area contributed by atoms with Crippen molar-refractivity contribution in [2.45, 2.75) is 31.7 Å². The third-order valence-corrected chi connectivity index (χ3v) is 3.76. The van der Waals surface area contributed by atoms with Crippen molar-refractivity contribution in [1.82, 2.24) is 15.1 Å². The van der Waals surface area contributed by atoms with E-state index in [2.05, 4.69) is 10.2 Å². The number of hydrogen-bond acceptors (Lipinski definition) is 3. The minimum Gasteiger partial charge on any atom is -0.341 e. The molecule has 0 aliphatic carbocycles. The van der Waals surface area contributed by atoms with Crippen LogP contribution >= 0.6 is 0 Å². The molecule has 4 heteroatoms. The van der Waals surface area contributed by atoms with Gasteiger partial charge in [-0.2, -0.15) is 0 Å². The van der Waals surface area contributed by atoms with Crippen LogP contribution in [-0.4, -0.2) is 61.5 Å². The summed E-state index contributed by atoms with van der Waals surface area (Å²) in [6.07, 6.45) is 4.49. The number of rotatable bonds is 4. The van der Waals surface area contributed by atoms with E-state index < -0.39 is 0 Å². The van der Waals surface area contributed by atoms with E-state index in [9.17, 15) is 4.79 Å². The highest BCUT2D eigenvalue weighted by Gasteiger charge is 2.30. The van der Waals surface area contributed by atoms with Crippen LogP contribution in [0.3, 0.4) is 0 Å². The van der Waals surface area contributed by atoms with Gasteiger partial charge in [0.05, 0.1) is 0 Å². The maximum atomic E-state index is 11.8. The highest BCUT2D eigenvalue weighted by atomic mass is 16.2. The lowest BCUT2D eigenvalue weighted by atomic mass is 10.2. The molecule has 16 heavy (non-hydrogen) atoms. The Morgan fingerprint density at radius 3 is 2.75 bits per heavy atom. The van der Waals surface area contributed by atoms with E-state index in [1.165, 1.54) is 32.4 Å². The molecule has 1 amide bonds. The molecule has 2 aliphatic rings. The fourth-order valence-corrected chi connectivity index (χ4v) is 2.76. The number of carbonyl (C=O) groups excluding carboxylic acids is 1. The normalized spacial score (nSPS) is 26.6. The Labute approximate surface area is 98.0 Å². The second-order valence-electron chi connectivity index (χ2n) is 4.88. The van der Waals surface area contributed by atoms with Crippen molar-refractivity contribution in [3.05, 3.63) is 0 Å². The topological polar surface area (TPSA) is 35.6 Å². The quantitative estimate of drug-likeness (QED) is 0.747. The van der Waals surface area contributed by atoms with E-state index in [4.69, 9.17) is 0 Å². The first-order valence-electron chi connectivity index (χ1n) is 6.47. The minimum absolute atomic E-state index is 0.316. The number of hydrogen-bond donors (Lipinski definition) is 1. The van der Waals surface area contributed by atoms with Crippen LogP contribution in [-0.2, 0) is 4.79 Å². The number of carbonyl (C=O) groups is 1. The molecule has 0 aromatic carbocycles. The average Bonchev–Trinajstić information content (AvgIpc) is 2.94. The highest BCUT2D eigenvalue weighted by molar-refractivity contribution is 5.76. The van der Waals surface area contributed by atoms with Crippen LogP contribution in [0, 0.1) is 0 Å². The zero-order chi connectivity index (χ0) is 11.4. The van der Waals surface area contributed by atoms with Gasteiger partial charge in [-0.3, -0.25) is 9.69 Å². The smallest absolute Gasteiger partial charge is 0.223 e. The zero-order valence-electron chi connectivity index (χ0n) is 10.2. The molecule has 0 bridgehead atoms. The van der Waals surface area contributed by atoms with Gasteiger partial charge < -0.3 is 10.2 Å². The van der Waals surface area contributed by atoms with Gasteiger partial charge in [0, 0.05) is 32.1 Å². The summed E-state index contributed by atoms with van der Waals surface area (Å²) in [5.41, 5.74) is 0. The van der Waals surface area contributed by atoms with Gasteiger partial charge in [0.25, 0.3) is 0 Å². The summed E-state index contributed by atoms with van der Waals surface area (Å²) in [5, 5.41) is 3.03. The van der Waals surface area contributed by atoms with Crippen molar-refractivity contribution in [1.29, 1.82) is 0 Å². The molecular weight excluding hydrogens is 202 g/mol. The summed E-state index contributed by atoms with van der Waals surface area (Å²) >= 11 is 0. The molecule has 1 N–H and O–H groups in total. The molecule has 0 aromatic heterocycles. The van der Waals surface area contributed by atoms with E-state index in [0.29, 0.717) is 18.4 Å². The number of nitrogens with one attached hydrogen (secondary N) is 1. The molecule has 1 unspecified atom stereocenters. The molecule has 0 radical (unpaired) electrons. The van der Waals surface area contributed by atoms with E-state index in [1.807, 2.05) is 11.9 Å². The third kappa shape index (κ3) is 2.74. The molecule has 2 saturated heterocycles. The first kappa shape index (κ1) is 11.9. The lowest BCUT2D eigenvalue weighted by Gasteiger charge is -2.23. The summed E-state index contributed by atoms with van der Waals surface area (Å²) in [6, 6.07) is 0.640. The summed E-state index contributed by atoms with van der Waals surface area (Å²) in [7, 11) is 1.89. The Bertz CT molecular complexity index is 238. The van der Waals surface area contributed by atoms with Crippen LogP contribution in [0.1, 0.15) is 25.7 Å².